The largest absolute Gasteiger partial charge is 0.179 e. The minimum absolute atomic E-state index is 0.484. The van der Waals surface area contributed by atoms with Crippen LogP contribution in [0.1, 0.15) is 41.0 Å². The third-order valence-corrected chi connectivity index (χ3v) is 5.10. The van der Waals surface area contributed by atoms with Crippen molar-refractivity contribution < 1.29 is 0 Å². The molecule has 0 aromatic heterocycles. The van der Waals surface area contributed by atoms with Crippen molar-refractivity contribution in [2.45, 2.75) is 31.6 Å². The predicted molar refractivity (Wildman–Crippen MR) is 95.4 cm³/mol. The van der Waals surface area contributed by atoms with Crippen molar-refractivity contribution in [3.8, 4) is 0 Å². The highest BCUT2D eigenvalue weighted by atomic mass is 32.1. The number of hydrogen-bond acceptors (Lipinski definition) is 1. The Morgan fingerprint density at radius 2 is 2.00 bits per heavy atom. The van der Waals surface area contributed by atoms with E-state index in [-0.39, 0.29) is 0 Å². The fourth-order valence-electron chi connectivity index (χ4n) is 3.75. The fourth-order valence-corrected chi connectivity index (χ4v) is 3.98. The van der Waals surface area contributed by atoms with Gasteiger partial charge in [-0.05, 0) is 64.5 Å². The lowest BCUT2D eigenvalue weighted by atomic mass is 9.78. The summed E-state index contributed by atoms with van der Waals surface area (Å²) in [6.07, 6.45) is 14.0. The van der Waals surface area contributed by atoms with Gasteiger partial charge in [0.1, 0.15) is 0 Å². The minimum atomic E-state index is 0.484. The smallest absolute Gasteiger partial charge is 0.0211 e. The van der Waals surface area contributed by atoms with E-state index in [4.69, 9.17) is 0 Å². The van der Waals surface area contributed by atoms with Crippen LogP contribution in [-0.4, -0.2) is 5.75 Å². The maximum atomic E-state index is 4.33. The van der Waals surface area contributed by atoms with Gasteiger partial charge in [0, 0.05) is 5.92 Å². The maximum Gasteiger partial charge on any atom is 0.0211 e. The zero-order valence-corrected chi connectivity index (χ0v) is 13.1. The Morgan fingerprint density at radius 3 is 2.90 bits per heavy atom. The molecule has 1 heteroatoms. The molecular formula is C20H20S. The van der Waals surface area contributed by atoms with Crippen molar-refractivity contribution in [3.63, 3.8) is 0 Å². The van der Waals surface area contributed by atoms with E-state index in [1.54, 1.807) is 5.56 Å². The van der Waals surface area contributed by atoms with Crippen LogP contribution in [0.25, 0.3) is 16.8 Å². The average Bonchev–Trinajstić information content (AvgIpc) is 2.54. The van der Waals surface area contributed by atoms with Crippen LogP contribution in [0, 0.1) is 0 Å². The van der Waals surface area contributed by atoms with E-state index < -0.39 is 0 Å². The van der Waals surface area contributed by atoms with Crippen LogP contribution < -0.4 is 0 Å². The molecule has 0 nitrogen and oxygen atoms in total. The Hall–Kier alpha value is -1.47. The molecule has 2 aromatic rings. The molecule has 4 rings (SSSR count). The van der Waals surface area contributed by atoms with Gasteiger partial charge < -0.3 is 0 Å². The van der Waals surface area contributed by atoms with Gasteiger partial charge in [-0.2, -0.15) is 12.6 Å². The van der Waals surface area contributed by atoms with Crippen LogP contribution in [0.2, 0.25) is 0 Å². The number of unbranched alkanes of at least 4 members (excludes halogenated alkanes) is 1. The molecule has 0 fully saturated rings. The van der Waals surface area contributed by atoms with Crippen LogP contribution in [0.15, 0.2) is 42.5 Å². The van der Waals surface area contributed by atoms with Gasteiger partial charge in [-0.1, -0.05) is 48.6 Å². The first-order chi connectivity index (χ1) is 10.4. The molecule has 1 atom stereocenters. The summed E-state index contributed by atoms with van der Waals surface area (Å²) in [5.41, 5.74) is 5.96. The fraction of sp³-hybridized carbons (Fsp3) is 0.300. The molecule has 0 bridgehead atoms. The first-order valence-corrected chi connectivity index (χ1v) is 8.55. The number of thiol groups is 1. The van der Waals surface area contributed by atoms with Crippen molar-refractivity contribution in [2.75, 3.05) is 5.75 Å². The summed E-state index contributed by atoms with van der Waals surface area (Å²) in [6.45, 7) is 0. The van der Waals surface area contributed by atoms with Gasteiger partial charge >= 0.3 is 0 Å². The normalized spacial score (nSPS) is 18.4. The van der Waals surface area contributed by atoms with Crippen molar-refractivity contribution in [2.24, 2.45) is 0 Å². The number of rotatable bonds is 4. The van der Waals surface area contributed by atoms with Gasteiger partial charge in [-0.15, -0.1) is 0 Å². The molecule has 0 heterocycles. The van der Waals surface area contributed by atoms with Gasteiger partial charge in [0.15, 0.2) is 0 Å². The van der Waals surface area contributed by atoms with Gasteiger partial charge in [-0.25, -0.2) is 0 Å². The van der Waals surface area contributed by atoms with Crippen molar-refractivity contribution >= 4 is 29.5 Å². The summed E-state index contributed by atoms with van der Waals surface area (Å²) < 4.78 is 0. The molecule has 0 amide bonds. The van der Waals surface area contributed by atoms with E-state index in [2.05, 4.69) is 61.2 Å². The van der Waals surface area contributed by atoms with Crippen LogP contribution in [0.4, 0.5) is 0 Å². The highest BCUT2D eigenvalue weighted by Crippen LogP contribution is 2.41. The van der Waals surface area contributed by atoms with Gasteiger partial charge in [0.05, 0.1) is 0 Å². The van der Waals surface area contributed by atoms with Crippen LogP contribution in [0.5, 0.6) is 0 Å². The Kier molecular flexibility index (Phi) is 3.39. The summed E-state index contributed by atoms with van der Waals surface area (Å²) in [4.78, 5) is 0. The SMILES string of the molecule is SCCCCc1ccc2c3c4c(ccc13)CC=CC4C=C2. The monoisotopic (exact) mass is 292 g/mol. The Labute approximate surface area is 132 Å². The summed E-state index contributed by atoms with van der Waals surface area (Å²) in [5, 5.41) is 2.97. The van der Waals surface area contributed by atoms with Crippen LogP contribution >= 0.6 is 12.6 Å². The van der Waals surface area contributed by atoms with E-state index in [1.807, 2.05) is 0 Å². The van der Waals surface area contributed by atoms with Gasteiger partial charge in [0.2, 0.25) is 0 Å². The highest BCUT2D eigenvalue weighted by Gasteiger charge is 2.22. The minimum Gasteiger partial charge on any atom is -0.179 e. The molecule has 0 radical (unpaired) electrons. The molecule has 0 saturated carbocycles. The van der Waals surface area contributed by atoms with Crippen molar-refractivity contribution in [3.05, 3.63) is 64.7 Å². The molecule has 0 aliphatic heterocycles. The zero-order chi connectivity index (χ0) is 14.2. The number of hydrogen-bond donors (Lipinski definition) is 1. The summed E-state index contributed by atoms with van der Waals surface area (Å²) in [6, 6.07) is 9.33. The first kappa shape index (κ1) is 13.2. The number of allylic oxidation sites excluding steroid dienone is 3. The molecule has 1 unspecified atom stereocenters. The molecule has 2 aromatic carbocycles. The molecule has 21 heavy (non-hydrogen) atoms. The Bertz CT molecular complexity index is 752. The molecule has 2 aliphatic rings. The predicted octanol–water partition coefficient (Wildman–Crippen LogP) is 5.32. The highest BCUT2D eigenvalue weighted by molar-refractivity contribution is 7.80. The third-order valence-electron chi connectivity index (χ3n) is 4.79. The molecule has 2 aliphatic carbocycles. The lowest BCUT2D eigenvalue weighted by Crippen LogP contribution is -2.08. The maximum absolute atomic E-state index is 4.33. The Morgan fingerprint density at radius 1 is 1.05 bits per heavy atom. The topological polar surface area (TPSA) is 0 Å². The standard InChI is InChI=1S/C20H20S/c21-13-2-1-4-14-7-8-17-10-9-15-5-3-6-16-11-12-18(14)20(17)19(15)16/h3,5,7-12,15,21H,1-2,4,6,13H2. The van der Waals surface area contributed by atoms with Crippen molar-refractivity contribution in [1.82, 2.24) is 0 Å². The van der Waals surface area contributed by atoms with E-state index in [0.29, 0.717) is 5.92 Å². The van der Waals surface area contributed by atoms with Gasteiger partial charge in [0.25, 0.3) is 0 Å². The first-order valence-electron chi connectivity index (χ1n) is 7.91. The lowest BCUT2D eigenvalue weighted by Gasteiger charge is -2.26. The molecule has 0 spiro atoms. The van der Waals surface area contributed by atoms with Crippen molar-refractivity contribution in [1.29, 1.82) is 0 Å². The number of aryl methyl sites for hydroxylation is 1. The number of benzene rings is 2. The van der Waals surface area contributed by atoms with E-state index >= 15 is 0 Å². The zero-order valence-electron chi connectivity index (χ0n) is 12.2. The third kappa shape index (κ3) is 2.15. The lowest BCUT2D eigenvalue weighted by molar-refractivity contribution is 0.808. The molecular weight excluding hydrogens is 272 g/mol. The second-order valence-corrected chi connectivity index (χ2v) is 6.52. The van der Waals surface area contributed by atoms with Gasteiger partial charge in [-0.3, -0.25) is 0 Å². The van der Waals surface area contributed by atoms with Crippen LogP contribution in [0.3, 0.4) is 0 Å². The Balaban J connectivity index is 1.89. The quantitative estimate of drug-likeness (QED) is 0.440. The van der Waals surface area contributed by atoms with E-state index in [1.165, 1.54) is 46.7 Å². The van der Waals surface area contributed by atoms with E-state index in [0.717, 1.165) is 12.2 Å². The molecule has 0 N–H and O–H groups in total. The van der Waals surface area contributed by atoms with E-state index in [9.17, 15) is 0 Å². The average molecular weight is 292 g/mol. The summed E-state index contributed by atoms with van der Waals surface area (Å²) in [7, 11) is 0. The van der Waals surface area contributed by atoms with Crippen LogP contribution in [-0.2, 0) is 12.8 Å². The second kappa shape index (κ2) is 5.38. The summed E-state index contributed by atoms with van der Waals surface area (Å²) in [5.74, 6) is 1.47. The molecule has 0 saturated heterocycles. The second-order valence-electron chi connectivity index (χ2n) is 6.07. The molecule has 106 valence electrons. The summed E-state index contributed by atoms with van der Waals surface area (Å²) >= 11 is 4.33.